The summed E-state index contributed by atoms with van der Waals surface area (Å²) in [4.78, 5) is 0. The first-order valence-corrected chi connectivity index (χ1v) is 7.46. The van der Waals surface area contributed by atoms with Crippen LogP contribution >= 0.6 is 15.9 Å². The van der Waals surface area contributed by atoms with Crippen LogP contribution < -0.4 is 5.32 Å². The molecule has 100 valence electrons. The minimum Gasteiger partial charge on any atom is -0.381 e. The van der Waals surface area contributed by atoms with Crippen LogP contribution in [0.5, 0.6) is 0 Å². The van der Waals surface area contributed by atoms with Gasteiger partial charge in [-0.25, -0.2) is 0 Å². The summed E-state index contributed by atoms with van der Waals surface area (Å²) in [5.41, 5.74) is 1.72. The van der Waals surface area contributed by atoms with Crippen molar-refractivity contribution in [3.8, 4) is 0 Å². The van der Waals surface area contributed by atoms with Crippen LogP contribution in [0, 0.1) is 5.92 Å². The van der Waals surface area contributed by atoms with E-state index in [1.54, 1.807) is 0 Å². The van der Waals surface area contributed by atoms with Crippen LogP contribution in [0.3, 0.4) is 0 Å². The maximum atomic E-state index is 5.73. The Morgan fingerprint density at radius 1 is 1.28 bits per heavy atom. The molecule has 2 rings (SSSR count). The summed E-state index contributed by atoms with van der Waals surface area (Å²) in [5.74, 6) is 0.619. The fraction of sp³-hybridized carbons (Fsp3) is 0.600. The van der Waals surface area contributed by atoms with E-state index in [1.165, 1.54) is 5.56 Å². The van der Waals surface area contributed by atoms with Gasteiger partial charge >= 0.3 is 0 Å². The summed E-state index contributed by atoms with van der Waals surface area (Å²) in [6.07, 6.45) is 1.11. The Hall–Kier alpha value is -0.380. The Kier molecular flexibility index (Phi) is 4.82. The molecule has 0 aromatic heterocycles. The summed E-state index contributed by atoms with van der Waals surface area (Å²) in [6.45, 7) is 8.24. The second kappa shape index (κ2) is 6.18. The van der Waals surface area contributed by atoms with Gasteiger partial charge in [0.15, 0.2) is 0 Å². The molecule has 1 saturated heterocycles. The van der Waals surface area contributed by atoms with Gasteiger partial charge in [0.25, 0.3) is 0 Å². The van der Waals surface area contributed by atoms with Crippen molar-refractivity contribution >= 4 is 15.9 Å². The number of rotatable bonds is 6. The highest BCUT2D eigenvalue weighted by atomic mass is 79.9. The topological polar surface area (TPSA) is 21.3 Å². The zero-order valence-corrected chi connectivity index (χ0v) is 12.8. The van der Waals surface area contributed by atoms with Crippen molar-refractivity contribution in [3.05, 3.63) is 34.3 Å². The number of nitrogens with one attached hydrogen (secondary N) is 1. The van der Waals surface area contributed by atoms with E-state index in [2.05, 4.69) is 59.4 Å². The zero-order valence-electron chi connectivity index (χ0n) is 11.2. The smallest absolute Gasteiger partial charge is 0.0488 e. The van der Waals surface area contributed by atoms with Gasteiger partial charge in [0.1, 0.15) is 0 Å². The van der Waals surface area contributed by atoms with Crippen LogP contribution in [0.4, 0.5) is 0 Å². The molecule has 1 N–H and O–H groups in total. The van der Waals surface area contributed by atoms with Crippen molar-refractivity contribution in [1.82, 2.24) is 5.32 Å². The van der Waals surface area contributed by atoms with Gasteiger partial charge in [0, 0.05) is 36.2 Å². The molecule has 1 aliphatic heterocycles. The minimum atomic E-state index is 0.289. The van der Waals surface area contributed by atoms with Gasteiger partial charge in [-0.05, 0) is 30.0 Å². The largest absolute Gasteiger partial charge is 0.381 e. The number of halogens is 1. The summed E-state index contributed by atoms with van der Waals surface area (Å²) < 4.78 is 6.88. The molecule has 0 amide bonds. The Morgan fingerprint density at radius 2 is 1.94 bits per heavy atom. The molecule has 1 fully saturated rings. The standard InChI is InChI=1S/C15H22BrNO/c1-12(2)9-18-8-7-15(10-17-11-15)13-3-5-14(16)6-4-13/h3-6,12,17H,7-11H2,1-2H3. The van der Waals surface area contributed by atoms with E-state index in [0.29, 0.717) is 5.92 Å². The van der Waals surface area contributed by atoms with Gasteiger partial charge in [0.05, 0.1) is 0 Å². The predicted octanol–water partition coefficient (Wildman–Crippen LogP) is 3.35. The van der Waals surface area contributed by atoms with E-state index < -0.39 is 0 Å². The molecule has 0 atom stereocenters. The van der Waals surface area contributed by atoms with E-state index >= 15 is 0 Å². The average Bonchev–Trinajstić information content (AvgIpc) is 2.28. The first kappa shape index (κ1) is 14.0. The molecule has 1 heterocycles. The lowest BCUT2D eigenvalue weighted by Crippen LogP contribution is -2.57. The molecule has 0 aliphatic carbocycles. The van der Waals surface area contributed by atoms with Crippen LogP contribution in [-0.4, -0.2) is 26.3 Å². The van der Waals surface area contributed by atoms with Gasteiger partial charge in [-0.15, -0.1) is 0 Å². The number of ether oxygens (including phenoxy) is 1. The maximum Gasteiger partial charge on any atom is 0.0488 e. The quantitative estimate of drug-likeness (QED) is 0.813. The van der Waals surface area contributed by atoms with Crippen molar-refractivity contribution < 1.29 is 4.74 Å². The molecule has 2 nitrogen and oxygen atoms in total. The molecule has 0 spiro atoms. The van der Waals surface area contributed by atoms with Crippen LogP contribution in [0.25, 0.3) is 0 Å². The highest BCUT2D eigenvalue weighted by Crippen LogP contribution is 2.33. The van der Waals surface area contributed by atoms with E-state index in [9.17, 15) is 0 Å². The average molecular weight is 312 g/mol. The van der Waals surface area contributed by atoms with Gasteiger partial charge in [-0.2, -0.15) is 0 Å². The highest BCUT2D eigenvalue weighted by molar-refractivity contribution is 9.10. The second-order valence-electron chi connectivity index (χ2n) is 5.61. The Labute approximate surface area is 118 Å². The molecule has 1 aromatic carbocycles. The molecule has 18 heavy (non-hydrogen) atoms. The Morgan fingerprint density at radius 3 is 2.44 bits per heavy atom. The maximum absolute atomic E-state index is 5.73. The Balaban J connectivity index is 1.92. The molecule has 1 aromatic rings. The number of benzene rings is 1. The summed E-state index contributed by atoms with van der Waals surface area (Å²) in [5, 5.41) is 3.40. The van der Waals surface area contributed by atoms with Gasteiger partial charge in [-0.1, -0.05) is 41.9 Å². The summed E-state index contributed by atoms with van der Waals surface area (Å²) in [7, 11) is 0. The first-order valence-electron chi connectivity index (χ1n) is 6.67. The summed E-state index contributed by atoms with van der Waals surface area (Å²) in [6, 6.07) is 8.72. The second-order valence-corrected chi connectivity index (χ2v) is 6.53. The van der Waals surface area contributed by atoms with Crippen molar-refractivity contribution in [3.63, 3.8) is 0 Å². The molecular formula is C15H22BrNO. The van der Waals surface area contributed by atoms with Gasteiger partial charge < -0.3 is 10.1 Å². The fourth-order valence-corrected chi connectivity index (χ4v) is 2.61. The highest BCUT2D eigenvalue weighted by Gasteiger charge is 2.38. The molecular weight excluding hydrogens is 290 g/mol. The molecule has 3 heteroatoms. The predicted molar refractivity (Wildman–Crippen MR) is 79.0 cm³/mol. The zero-order chi connectivity index (χ0) is 13.0. The van der Waals surface area contributed by atoms with Crippen molar-refractivity contribution in [2.24, 2.45) is 5.92 Å². The fourth-order valence-electron chi connectivity index (χ4n) is 2.34. The van der Waals surface area contributed by atoms with Crippen LogP contribution in [-0.2, 0) is 10.2 Å². The lowest BCUT2D eigenvalue weighted by molar-refractivity contribution is 0.0817. The van der Waals surface area contributed by atoms with E-state index in [4.69, 9.17) is 4.74 Å². The van der Waals surface area contributed by atoms with Crippen molar-refractivity contribution in [2.75, 3.05) is 26.3 Å². The number of hydrogen-bond donors (Lipinski definition) is 1. The molecule has 0 unspecified atom stereocenters. The third-order valence-corrected chi connectivity index (χ3v) is 4.09. The SMILES string of the molecule is CC(C)COCCC1(c2ccc(Br)cc2)CNC1. The normalized spacial score (nSPS) is 17.8. The number of hydrogen-bond acceptors (Lipinski definition) is 2. The lowest BCUT2D eigenvalue weighted by Gasteiger charge is -2.43. The van der Waals surface area contributed by atoms with Crippen molar-refractivity contribution in [2.45, 2.75) is 25.7 Å². The van der Waals surface area contributed by atoms with Crippen LogP contribution in [0.1, 0.15) is 25.8 Å². The van der Waals surface area contributed by atoms with Crippen LogP contribution in [0.15, 0.2) is 28.7 Å². The Bertz CT molecular complexity index is 371. The molecule has 0 radical (unpaired) electrons. The first-order chi connectivity index (χ1) is 8.62. The van der Waals surface area contributed by atoms with Gasteiger partial charge in [0.2, 0.25) is 0 Å². The monoisotopic (exact) mass is 311 g/mol. The molecule has 0 saturated carbocycles. The van der Waals surface area contributed by atoms with E-state index in [1.807, 2.05) is 0 Å². The summed E-state index contributed by atoms with van der Waals surface area (Å²) >= 11 is 3.49. The van der Waals surface area contributed by atoms with E-state index in [-0.39, 0.29) is 5.41 Å². The molecule has 1 aliphatic rings. The molecule has 0 bridgehead atoms. The van der Waals surface area contributed by atoms with Crippen molar-refractivity contribution in [1.29, 1.82) is 0 Å². The van der Waals surface area contributed by atoms with Gasteiger partial charge in [-0.3, -0.25) is 0 Å². The minimum absolute atomic E-state index is 0.289. The third kappa shape index (κ3) is 3.34. The third-order valence-electron chi connectivity index (χ3n) is 3.56. The van der Waals surface area contributed by atoms with Crippen LogP contribution in [0.2, 0.25) is 0 Å². The lowest BCUT2D eigenvalue weighted by atomic mass is 9.73. The van der Waals surface area contributed by atoms with E-state index in [0.717, 1.165) is 37.2 Å².